The van der Waals surface area contributed by atoms with Gasteiger partial charge in [0, 0.05) is 0 Å². The van der Waals surface area contributed by atoms with Crippen LogP contribution < -0.4 is 0 Å². The van der Waals surface area contributed by atoms with Crippen LogP contribution in [0.1, 0.15) is 97.8 Å². The summed E-state index contributed by atoms with van der Waals surface area (Å²) in [7, 11) is -1.69. The molecular weight excluding hydrogens is 318 g/mol. The highest BCUT2D eigenvalue weighted by molar-refractivity contribution is 7.45. The van der Waals surface area contributed by atoms with Crippen LogP contribution in [-0.4, -0.2) is 19.8 Å². The summed E-state index contributed by atoms with van der Waals surface area (Å²) in [5, 5.41) is 0.458. The molecule has 0 aliphatic rings. The van der Waals surface area contributed by atoms with Crippen molar-refractivity contribution in [1.82, 2.24) is 0 Å². The van der Waals surface area contributed by atoms with Gasteiger partial charge in [-0.05, 0) is 11.6 Å². The minimum Gasteiger partial charge on any atom is -0.303 e. The van der Waals surface area contributed by atoms with Gasteiger partial charge in [0.25, 0.3) is 0 Å². The first-order valence-electron chi connectivity index (χ1n) is 8.63. The van der Waals surface area contributed by atoms with Crippen molar-refractivity contribution >= 4 is 17.1 Å². The summed E-state index contributed by atoms with van der Waals surface area (Å²) in [6.45, 7) is 6.91. The van der Waals surface area contributed by atoms with E-state index in [0.717, 1.165) is 0 Å². The summed E-state index contributed by atoms with van der Waals surface area (Å²) < 4.78 is 8.88. The lowest BCUT2D eigenvalue weighted by molar-refractivity contribution is 0.275. The van der Waals surface area contributed by atoms with Crippen LogP contribution in [0.3, 0.4) is 0 Å². The molecule has 0 amide bonds. The molecule has 0 fully saturated rings. The number of hydrogen-bond donors (Lipinski definition) is 3. The summed E-state index contributed by atoms with van der Waals surface area (Å²) >= 11 is 0. The fraction of sp³-hybridized carbons (Fsp3) is 1.00. The van der Waals surface area contributed by atoms with Crippen LogP contribution in [0.2, 0.25) is 0 Å². The first kappa shape index (κ1) is 24.8. The number of rotatable bonds is 12. The maximum absolute atomic E-state index is 8.88. The molecule has 0 aromatic carbocycles. The Labute approximate surface area is 139 Å². The quantitative estimate of drug-likeness (QED) is 0.323. The van der Waals surface area contributed by atoms with E-state index in [9.17, 15) is 0 Å². The highest BCUT2D eigenvalue weighted by atomic mass is 31.2. The van der Waals surface area contributed by atoms with Crippen molar-refractivity contribution in [2.45, 2.75) is 103 Å². The van der Waals surface area contributed by atoms with Crippen molar-refractivity contribution in [2.24, 2.45) is 0 Å². The molecule has 6 heteroatoms. The summed E-state index contributed by atoms with van der Waals surface area (Å²) in [5.41, 5.74) is 0. The maximum atomic E-state index is 8.88. The van der Waals surface area contributed by atoms with E-state index in [0.29, 0.717) is 5.16 Å². The van der Waals surface area contributed by atoms with Gasteiger partial charge in [-0.25, -0.2) is 4.57 Å². The van der Waals surface area contributed by atoms with Gasteiger partial charge in [-0.3, -0.25) is 0 Å². The molecular formula is C16H38O4P2. The monoisotopic (exact) mass is 356 g/mol. The van der Waals surface area contributed by atoms with E-state index in [4.69, 9.17) is 19.2 Å². The minimum atomic E-state index is -4.64. The topological polar surface area (TPSA) is 77.8 Å². The molecule has 0 aromatic heterocycles. The molecule has 0 saturated heterocycles. The summed E-state index contributed by atoms with van der Waals surface area (Å²) in [5.74, 6) is 0. The van der Waals surface area contributed by atoms with Gasteiger partial charge in [-0.2, -0.15) is 0 Å². The van der Waals surface area contributed by atoms with E-state index < -0.39 is 7.82 Å². The molecule has 0 heterocycles. The van der Waals surface area contributed by atoms with Gasteiger partial charge in [0.2, 0.25) is 0 Å². The van der Waals surface area contributed by atoms with E-state index in [-0.39, 0.29) is 0 Å². The van der Waals surface area contributed by atoms with Gasteiger partial charge >= 0.3 is 7.82 Å². The van der Waals surface area contributed by atoms with Crippen molar-refractivity contribution in [2.75, 3.05) is 0 Å². The summed E-state index contributed by atoms with van der Waals surface area (Å²) in [6.07, 6.45) is 17.3. The Bertz CT molecular complexity index is 264. The zero-order valence-corrected chi connectivity index (χ0v) is 16.8. The Balaban J connectivity index is 0. The molecule has 0 aliphatic carbocycles. The van der Waals surface area contributed by atoms with Crippen molar-refractivity contribution in [1.29, 1.82) is 0 Å². The molecule has 0 aliphatic heterocycles. The van der Waals surface area contributed by atoms with Crippen molar-refractivity contribution in [3.8, 4) is 0 Å². The predicted octanol–water partition coefficient (Wildman–Crippen LogP) is 5.41. The van der Waals surface area contributed by atoms with Gasteiger partial charge in [0.05, 0.1) is 0 Å². The number of phosphoric acid groups is 1. The fourth-order valence-electron chi connectivity index (χ4n) is 2.24. The Hall–Kier alpha value is 0.540. The SMILES string of the molecule is CCCCCCCCCCCCCC(C)(C)P.O=P(O)(O)O. The molecule has 22 heavy (non-hydrogen) atoms. The van der Waals surface area contributed by atoms with Gasteiger partial charge in [-0.15, -0.1) is 9.24 Å². The van der Waals surface area contributed by atoms with Crippen LogP contribution >= 0.6 is 17.1 Å². The zero-order chi connectivity index (χ0) is 17.5. The average molecular weight is 356 g/mol. The van der Waals surface area contributed by atoms with E-state index in [2.05, 4.69) is 30.0 Å². The highest BCUT2D eigenvalue weighted by Crippen LogP contribution is 2.26. The van der Waals surface area contributed by atoms with Crippen molar-refractivity contribution in [3.05, 3.63) is 0 Å². The first-order valence-corrected chi connectivity index (χ1v) is 10.8. The van der Waals surface area contributed by atoms with Gasteiger partial charge in [0.15, 0.2) is 0 Å². The first-order chi connectivity index (χ1) is 10.1. The van der Waals surface area contributed by atoms with Crippen molar-refractivity contribution < 1.29 is 19.2 Å². The van der Waals surface area contributed by atoms with Crippen LogP contribution in [0.25, 0.3) is 0 Å². The smallest absolute Gasteiger partial charge is 0.303 e. The molecule has 4 nitrogen and oxygen atoms in total. The lowest BCUT2D eigenvalue weighted by atomic mass is 10.0. The van der Waals surface area contributed by atoms with E-state index >= 15 is 0 Å². The van der Waals surface area contributed by atoms with Crippen LogP contribution in [0.15, 0.2) is 0 Å². The van der Waals surface area contributed by atoms with Gasteiger partial charge in [-0.1, -0.05) is 91.4 Å². The lowest BCUT2D eigenvalue weighted by Gasteiger charge is -2.17. The van der Waals surface area contributed by atoms with E-state index in [1.54, 1.807) is 0 Å². The molecule has 0 bridgehead atoms. The van der Waals surface area contributed by atoms with Crippen LogP contribution in [0, 0.1) is 0 Å². The Morgan fingerprint density at radius 1 is 0.773 bits per heavy atom. The molecule has 1 unspecified atom stereocenters. The third kappa shape index (κ3) is 37.1. The van der Waals surface area contributed by atoms with Gasteiger partial charge in [0.1, 0.15) is 0 Å². The molecule has 0 rings (SSSR count). The Morgan fingerprint density at radius 2 is 1.05 bits per heavy atom. The van der Waals surface area contributed by atoms with E-state index in [1.165, 1.54) is 77.0 Å². The predicted molar refractivity (Wildman–Crippen MR) is 99.1 cm³/mol. The second-order valence-electron chi connectivity index (χ2n) is 6.79. The number of unbranched alkanes of at least 4 members (excludes halogenated alkanes) is 10. The summed E-state index contributed by atoms with van der Waals surface area (Å²) in [6, 6.07) is 0. The third-order valence-electron chi connectivity index (χ3n) is 3.42. The Kier molecular flexibility index (Phi) is 17.0. The summed E-state index contributed by atoms with van der Waals surface area (Å²) in [4.78, 5) is 21.6. The largest absolute Gasteiger partial charge is 0.466 e. The second kappa shape index (κ2) is 15.1. The molecule has 0 aromatic rings. The molecule has 0 radical (unpaired) electrons. The molecule has 0 spiro atoms. The van der Waals surface area contributed by atoms with Crippen LogP contribution in [-0.2, 0) is 4.57 Å². The molecule has 3 N–H and O–H groups in total. The molecule has 136 valence electrons. The van der Waals surface area contributed by atoms with Gasteiger partial charge < -0.3 is 14.7 Å². The minimum absolute atomic E-state index is 0.458. The second-order valence-corrected chi connectivity index (χ2v) is 9.38. The van der Waals surface area contributed by atoms with E-state index in [1.807, 2.05) is 0 Å². The lowest BCUT2D eigenvalue weighted by Crippen LogP contribution is -2.07. The Morgan fingerprint density at radius 3 is 1.32 bits per heavy atom. The fourth-order valence-corrected chi connectivity index (χ4v) is 2.45. The standard InChI is InChI=1S/C16H35P.H3O4P/c1-4-5-6-7-8-9-10-11-12-13-14-15-16(2,3)17;1-5(2,3)4/h4-15,17H2,1-3H3;(H3,1,2,3,4). The normalized spacial score (nSPS) is 12.0. The maximum Gasteiger partial charge on any atom is 0.466 e. The highest BCUT2D eigenvalue weighted by Gasteiger charge is 2.08. The van der Waals surface area contributed by atoms with Crippen LogP contribution in [0.4, 0.5) is 0 Å². The number of hydrogen-bond acceptors (Lipinski definition) is 1. The zero-order valence-electron chi connectivity index (χ0n) is 14.8. The molecule has 0 saturated carbocycles. The molecule has 1 atom stereocenters. The third-order valence-corrected chi connectivity index (χ3v) is 3.71. The average Bonchev–Trinajstić information content (AvgIpc) is 2.32. The van der Waals surface area contributed by atoms with Crippen molar-refractivity contribution in [3.63, 3.8) is 0 Å². The van der Waals surface area contributed by atoms with Crippen LogP contribution in [0.5, 0.6) is 0 Å².